The Balaban J connectivity index is 2.28. The van der Waals surface area contributed by atoms with Gasteiger partial charge in [0.2, 0.25) is 5.89 Å². The van der Waals surface area contributed by atoms with Crippen molar-refractivity contribution in [1.29, 1.82) is 0 Å². The van der Waals surface area contributed by atoms with Gasteiger partial charge < -0.3 is 15.0 Å². The van der Waals surface area contributed by atoms with Gasteiger partial charge in [0.25, 0.3) is 0 Å². The molecule has 0 radical (unpaired) electrons. The van der Waals surface area contributed by atoms with E-state index in [9.17, 15) is 0 Å². The summed E-state index contributed by atoms with van der Waals surface area (Å²) in [5, 5.41) is 3.68. The molecule has 5 nitrogen and oxygen atoms in total. The minimum absolute atomic E-state index is 0.467. The van der Waals surface area contributed by atoms with Gasteiger partial charge in [0.15, 0.2) is 5.82 Å². The zero-order valence-corrected chi connectivity index (χ0v) is 6.91. The minimum atomic E-state index is -0.554. The largest absolute Gasteiger partial charge is 0.379 e. The molecule has 2 heterocycles. The number of nitrogens with two attached hydrogens (primary N) is 1. The van der Waals surface area contributed by atoms with Crippen LogP contribution in [0.3, 0.4) is 0 Å². The quantitative estimate of drug-likeness (QED) is 0.638. The van der Waals surface area contributed by atoms with Crippen LogP contribution >= 0.6 is 0 Å². The van der Waals surface area contributed by atoms with Gasteiger partial charge in [-0.2, -0.15) is 4.98 Å². The second-order valence-electron chi connectivity index (χ2n) is 3.11. The molecule has 5 heteroatoms. The van der Waals surface area contributed by atoms with Crippen molar-refractivity contribution in [3.63, 3.8) is 0 Å². The summed E-state index contributed by atoms with van der Waals surface area (Å²) in [6.45, 7) is 2.90. The van der Waals surface area contributed by atoms with E-state index >= 15 is 0 Å². The molecule has 0 aromatic carbocycles. The third-order valence-electron chi connectivity index (χ3n) is 2.01. The second kappa shape index (κ2) is 2.53. The molecule has 0 spiro atoms. The Kier molecular flexibility index (Phi) is 1.62. The number of aryl methyl sites for hydroxylation is 1. The van der Waals surface area contributed by atoms with Crippen molar-refractivity contribution in [3.05, 3.63) is 11.7 Å². The normalized spacial score (nSPS) is 29.5. The van der Waals surface area contributed by atoms with E-state index in [0.29, 0.717) is 24.9 Å². The number of aromatic nitrogens is 2. The molecular weight excluding hydrogens is 158 g/mol. The molecule has 1 unspecified atom stereocenters. The summed E-state index contributed by atoms with van der Waals surface area (Å²) in [4.78, 5) is 4.08. The average molecular weight is 169 g/mol. The highest BCUT2D eigenvalue weighted by atomic mass is 16.5. The highest BCUT2D eigenvalue weighted by Gasteiger charge is 2.37. The summed E-state index contributed by atoms with van der Waals surface area (Å²) < 4.78 is 10.2. The lowest BCUT2D eigenvalue weighted by molar-refractivity contribution is 0.166. The van der Waals surface area contributed by atoms with E-state index in [2.05, 4.69) is 10.1 Å². The first kappa shape index (κ1) is 7.70. The molecule has 12 heavy (non-hydrogen) atoms. The Labute approximate surface area is 69.9 Å². The number of ether oxygens (including phenoxy) is 1. The fourth-order valence-electron chi connectivity index (χ4n) is 1.25. The lowest BCUT2D eigenvalue weighted by atomic mass is 10.0. The summed E-state index contributed by atoms with van der Waals surface area (Å²) in [5.74, 6) is 1.10. The molecule has 0 bridgehead atoms. The molecule has 0 saturated carbocycles. The molecule has 0 amide bonds. The highest BCUT2D eigenvalue weighted by Crippen LogP contribution is 2.25. The first-order valence-corrected chi connectivity index (χ1v) is 3.88. The Morgan fingerprint density at radius 1 is 1.58 bits per heavy atom. The number of hydrogen-bond acceptors (Lipinski definition) is 5. The maximum absolute atomic E-state index is 5.97. The van der Waals surface area contributed by atoms with Gasteiger partial charge >= 0.3 is 0 Å². The minimum Gasteiger partial charge on any atom is -0.379 e. The number of hydrogen-bond donors (Lipinski definition) is 1. The third kappa shape index (κ3) is 1.11. The molecule has 0 aliphatic carbocycles. The van der Waals surface area contributed by atoms with Gasteiger partial charge in [0.1, 0.15) is 5.54 Å². The van der Waals surface area contributed by atoms with Crippen molar-refractivity contribution in [2.45, 2.75) is 18.9 Å². The van der Waals surface area contributed by atoms with Crippen molar-refractivity contribution in [2.75, 3.05) is 13.2 Å². The van der Waals surface area contributed by atoms with Crippen LogP contribution in [0.5, 0.6) is 0 Å². The van der Waals surface area contributed by atoms with Gasteiger partial charge in [-0.1, -0.05) is 5.16 Å². The number of nitrogens with zero attached hydrogens (tertiary/aromatic N) is 2. The molecule has 1 fully saturated rings. The van der Waals surface area contributed by atoms with Gasteiger partial charge in [0.05, 0.1) is 6.61 Å². The fraction of sp³-hybridized carbons (Fsp3) is 0.714. The molecule has 1 aromatic rings. The summed E-state index contributed by atoms with van der Waals surface area (Å²) in [6.07, 6.45) is 0.745. The fourth-order valence-corrected chi connectivity index (χ4v) is 1.25. The van der Waals surface area contributed by atoms with Crippen molar-refractivity contribution in [1.82, 2.24) is 10.1 Å². The summed E-state index contributed by atoms with van der Waals surface area (Å²) in [5.41, 5.74) is 5.42. The lowest BCUT2D eigenvalue weighted by Crippen LogP contribution is -2.37. The zero-order valence-electron chi connectivity index (χ0n) is 6.91. The summed E-state index contributed by atoms with van der Waals surface area (Å²) >= 11 is 0. The van der Waals surface area contributed by atoms with Gasteiger partial charge in [-0.05, 0) is 13.3 Å². The maximum atomic E-state index is 5.97. The Morgan fingerprint density at radius 3 is 2.92 bits per heavy atom. The van der Waals surface area contributed by atoms with Gasteiger partial charge in [-0.25, -0.2) is 0 Å². The van der Waals surface area contributed by atoms with Crippen LogP contribution in [0, 0.1) is 6.92 Å². The van der Waals surface area contributed by atoms with Crippen LogP contribution in [0.15, 0.2) is 4.52 Å². The monoisotopic (exact) mass is 169 g/mol. The van der Waals surface area contributed by atoms with Gasteiger partial charge in [-0.15, -0.1) is 0 Å². The van der Waals surface area contributed by atoms with E-state index in [1.165, 1.54) is 0 Å². The third-order valence-corrected chi connectivity index (χ3v) is 2.01. The van der Waals surface area contributed by atoms with Crippen LogP contribution in [-0.4, -0.2) is 23.4 Å². The highest BCUT2D eigenvalue weighted by molar-refractivity contribution is 5.03. The Bertz CT molecular complexity index is 278. The van der Waals surface area contributed by atoms with E-state index in [0.717, 1.165) is 6.42 Å². The van der Waals surface area contributed by atoms with Crippen LogP contribution in [0.25, 0.3) is 0 Å². The maximum Gasteiger partial charge on any atom is 0.249 e. The standard InChI is InChI=1S/C7H11N3O2/c1-5-9-6(12-10-5)7(8)2-3-11-4-7/h2-4,8H2,1H3. The first-order valence-electron chi connectivity index (χ1n) is 3.88. The van der Waals surface area contributed by atoms with E-state index < -0.39 is 5.54 Å². The van der Waals surface area contributed by atoms with Crippen molar-refractivity contribution < 1.29 is 9.26 Å². The van der Waals surface area contributed by atoms with Crippen LogP contribution in [-0.2, 0) is 10.3 Å². The smallest absolute Gasteiger partial charge is 0.249 e. The molecule has 1 atom stereocenters. The van der Waals surface area contributed by atoms with Crippen molar-refractivity contribution in [2.24, 2.45) is 5.73 Å². The second-order valence-corrected chi connectivity index (χ2v) is 3.11. The molecular formula is C7H11N3O2. The predicted octanol–water partition coefficient (Wildman–Crippen LogP) is -0.0477. The summed E-state index contributed by atoms with van der Waals surface area (Å²) in [6, 6.07) is 0. The molecule has 1 aromatic heterocycles. The van der Waals surface area contributed by atoms with Crippen LogP contribution < -0.4 is 5.73 Å². The van der Waals surface area contributed by atoms with Crippen LogP contribution in [0.1, 0.15) is 18.1 Å². The van der Waals surface area contributed by atoms with E-state index in [1.54, 1.807) is 6.92 Å². The van der Waals surface area contributed by atoms with Crippen molar-refractivity contribution in [3.8, 4) is 0 Å². The molecule has 2 rings (SSSR count). The zero-order chi connectivity index (χ0) is 8.60. The Hall–Kier alpha value is -0.940. The molecule has 2 N–H and O–H groups in total. The first-order chi connectivity index (χ1) is 5.71. The Morgan fingerprint density at radius 2 is 2.42 bits per heavy atom. The molecule has 1 saturated heterocycles. The van der Waals surface area contributed by atoms with Crippen LogP contribution in [0.2, 0.25) is 0 Å². The molecule has 1 aliphatic rings. The molecule has 1 aliphatic heterocycles. The molecule has 66 valence electrons. The van der Waals surface area contributed by atoms with Crippen molar-refractivity contribution >= 4 is 0 Å². The van der Waals surface area contributed by atoms with Crippen LogP contribution in [0.4, 0.5) is 0 Å². The van der Waals surface area contributed by atoms with E-state index in [1.807, 2.05) is 0 Å². The van der Waals surface area contributed by atoms with E-state index in [-0.39, 0.29) is 0 Å². The SMILES string of the molecule is Cc1noc(C2(N)CCOC2)n1. The summed E-state index contributed by atoms with van der Waals surface area (Å²) in [7, 11) is 0. The predicted molar refractivity (Wildman–Crippen MR) is 40.3 cm³/mol. The topological polar surface area (TPSA) is 74.2 Å². The van der Waals surface area contributed by atoms with Gasteiger partial charge in [-0.3, -0.25) is 0 Å². The number of rotatable bonds is 1. The average Bonchev–Trinajstić information content (AvgIpc) is 2.59. The van der Waals surface area contributed by atoms with E-state index in [4.69, 9.17) is 15.0 Å². The van der Waals surface area contributed by atoms with Gasteiger partial charge in [0, 0.05) is 6.61 Å². The lowest BCUT2D eigenvalue weighted by Gasteiger charge is -2.14.